The van der Waals surface area contributed by atoms with Crippen LogP contribution >= 0.6 is 0 Å². The molecular formula is C21H18N2O2. The molecule has 0 bridgehead atoms. The van der Waals surface area contributed by atoms with E-state index in [1.165, 1.54) is 5.56 Å². The van der Waals surface area contributed by atoms with Crippen molar-refractivity contribution < 1.29 is 4.42 Å². The number of hydrogen-bond donors (Lipinski definition) is 1. The molecule has 0 saturated carbocycles. The highest BCUT2D eigenvalue weighted by atomic mass is 16.4. The SMILES string of the molecule is CC(C)c1ccc(-c2cc3c(c(N)n2)c(=O)oc2ccccc23)cc1. The zero-order valence-corrected chi connectivity index (χ0v) is 14.1. The molecule has 0 atom stereocenters. The molecule has 4 rings (SSSR count). The quantitative estimate of drug-likeness (QED) is 0.427. The van der Waals surface area contributed by atoms with E-state index >= 15 is 0 Å². The molecule has 4 aromatic rings. The highest BCUT2D eigenvalue weighted by molar-refractivity contribution is 6.08. The fourth-order valence-electron chi connectivity index (χ4n) is 3.11. The van der Waals surface area contributed by atoms with Crippen LogP contribution in [0.25, 0.3) is 33.0 Å². The Kier molecular flexibility index (Phi) is 3.53. The van der Waals surface area contributed by atoms with Gasteiger partial charge >= 0.3 is 5.63 Å². The van der Waals surface area contributed by atoms with Crippen molar-refractivity contribution in [2.45, 2.75) is 19.8 Å². The summed E-state index contributed by atoms with van der Waals surface area (Å²) in [4.78, 5) is 16.7. The van der Waals surface area contributed by atoms with Crippen LogP contribution in [-0.4, -0.2) is 4.98 Å². The van der Waals surface area contributed by atoms with E-state index in [0.29, 0.717) is 16.9 Å². The highest BCUT2D eigenvalue weighted by Gasteiger charge is 2.13. The summed E-state index contributed by atoms with van der Waals surface area (Å²) in [5, 5.41) is 1.95. The number of para-hydroxylation sites is 1. The zero-order valence-electron chi connectivity index (χ0n) is 14.1. The van der Waals surface area contributed by atoms with Crippen molar-refractivity contribution in [1.82, 2.24) is 4.98 Å². The number of fused-ring (bicyclic) bond motifs is 3. The predicted molar refractivity (Wildman–Crippen MR) is 102 cm³/mol. The first-order valence-electron chi connectivity index (χ1n) is 8.27. The number of nitrogens with zero attached hydrogens (tertiary/aromatic N) is 1. The molecule has 0 aliphatic rings. The minimum atomic E-state index is -0.458. The average Bonchev–Trinajstić information content (AvgIpc) is 2.61. The number of anilines is 1. The molecule has 25 heavy (non-hydrogen) atoms. The Morgan fingerprint density at radius 2 is 1.72 bits per heavy atom. The third-order valence-corrected chi connectivity index (χ3v) is 4.50. The summed E-state index contributed by atoms with van der Waals surface area (Å²) < 4.78 is 5.37. The molecule has 0 saturated heterocycles. The largest absolute Gasteiger partial charge is 0.422 e. The van der Waals surface area contributed by atoms with E-state index in [-0.39, 0.29) is 5.82 Å². The molecule has 0 unspecified atom stereocenters. The molecular weight excluding hydrogens is 312 g/mol. The zero-order chi connectivity index (χ0) is 17.6. The van der Waals surface area contributed by atoms with Crippen LogP contribution < -0.4 is 11.4 Å². The van der Waals surface area contributed by atoms with Gasteiger partial charge in [0.1, 0.15) is 16.8 Å². The first-order chi connectivity index (χ1) is 12.0. The summed E-state index contributed by atoms with van der Waals surface area (Å²) in [5.74, 6) is 0.664. The van der Waals surface area contributed by atoms with E-state index in [1.807, 2.05) is 36.4 Å². The second-order valence-corrected chi connectivity index (χ2v) is 6.48. The Balaban J connectivity index is 2.00. The maximum atomic E-state index is 12.3. The van der Waals surface area contributed by atoms with Gasteiger partial charge in [-0.3, -0.25) is 0 Å². The average molecular weight is 330 g/mol. The normalized spacial score (nSPS) is 11.5. The summed E-state index contributed by atoms with van der Waals surface area (Å²) in [6, 6.07) is 17.6. The van der Waals surface area contributed by atoms with Crippen LogP contribution in [0, 0.1) is 0 Å². The molecule has 0 fully saturated rings. The Morgan fingerprint density at radius 3 is 2.44 bits per heavy atom. The molecule has 0 radical (unpaired) electrons. The number of aromatic nitrogens is 1. The maximum absolute atomic E-state index is 12.3. The van der Waals surface area contributed by atoms with Crippen LogP contribution in [0.15, 0.2) is 63.8 Å². The lowest BCUT2D eigenvalue weighted by Gasteiger charge is -2.09. The number of rotatable bonds is 2. The first-order valence-corrected chi connectivity index (χ1v) is 8.27. The lowest BCUT2D eigenvalue weighted by Crippen LogP contribution is -2.06. The number of pyridine rings is 1. The van der Waals surface area contributed by atoms with Crippen molar-refractivity contribution in [3.05, 3.63) is 70.6 Å². The van der Waals surface area contributed by atoms with Gasteiger partial charge < -0.3 is 10.2 Å². The Hall–Kier alpha value is -3.14. The van der Waals surface area contributed by atoms with Crippen LogP contribution in [0.5, 0.6) is 0 Å². The molecule has 0 amide bonds. The van der Waals surface area contributed by atoms with Gasteiger partial charge in [-0.2, -0.15) is 0 Å². The smallest absolute Gasteiger partial charge is 0.347 e. The van der Waals surface area contributed by atoms with Crippen molar-refractivity contribution in [2.75, 3.05) is 5.73 Å². The van der Waals surface area contributed by atoms with Gasteiger partial charge in [0.25, 0.3) is 0 Å². The molecule has 124 valence electrons. The van der Waals surface area contributed by atoms with E-state index in [9.17, 15) is 4.79 Å². The summed E-state index contributed by atoms with van der Waals surface area (Å²) in [5.41, 5.74) is 9.16. The van der Waals surface area contributed by atoms with Crippen molar-refractivity contribution in [3.63, 3.8) is 0 Å². The molecule has 2 aromatic carbocycles. The first kappa shape index (κ1) is 15.4. The van der Waals surface area contributed by atoms with Gasteiger partial charge in [-0.05, 0) is 23.6 Å². The third kappa shape index (κ3) is 2.56. The predicted octanol–water partition coefficient (Wildman–Crippen LogP) is 4.71. The minimum absolute atomic E-state index is 0.194. The van der Waals surface area contributed by atoms with Crippen LogP contribution in [0.1, 0.15) is 25.3 Å². The van der Waals surface area contributed by atoms with Gasteiger partial charge in [-0.25, -0.2) is 9.78 Å². The fourth-order valence-corrected chi connectivity index (χ4v) is 3.11. The molecule has 2 heterocycles. The van der Waals surface area contributed by atoms with Crippen LogP contribution in [0.2, 0.25) is 0 Å². The lowest BCUT2D eigenvalue weighted by molar-refractivity contribution is 0.570. The van der Waals surface area contributed by atoms with Crippen LogP contribution in [0.4, 0.5) is 5.82 Å². The van der Waals surface area contributed by atoms with E-state index in [1.54, 1.807) is 6.07 Å². The summed E-state index contributed by atoms with van der Waals surface area (Å²) >= 11 is 0. The van der Waals surface area contributed by atoms with Gasteiger partial charge in [-0.15, -0.1) is 0 Å². The van der Waals surface area contributed by atoms with Gasteiger partial charge in [0.2, 0.25) is 0 Å². The van der Waals surface area contributed by atoms with E-state index in [4.69, 9.17) is 10.2 Å². The highest BCUT2D eigenvalue weighted by Crippen LogP contribution is 2.30. The second-order valence-electron chi connectivity index (χ2n) is 6.48. The van der Waals surface area contributed by atoms with Gasteiger partial charge in [0.15, 0.2) is 0 Å². The molecule has 0 aliphatic carbocycles. The molecule has 4 nitrogen and oxygen atoms in total. The monoisotopic (exact) mass is 330 g/mol. The molecule has 0 spiro atoms. The number of hydrogen-bond acceptors (Lipinski definition) is 4. The van der Waals surface area contributed by atoms with Crippen molar-refractivity contribution in [1.29, 1.82) is 0 Å². The third-order valence-electron chi connectivity index (χ3n) is 4.50. The standard InChI is InChI=1S/C21H18N2O2/c1-12(2)13-7-9-14(10-8-13)17-11-16-15-5-3-4-6-18(15)25-21(24)19(16)20(22)23-17/h3-12H,1-2H3,(H2,22,23). The topological polar surface area (TPSA) is 69.1 Å². The van der Waals surface area contributed by atoms with E-state index < -0.39 is 5.63 Å². The minimum Gasteiger partial charge on any atom is -0.422 e. The Bertz CT molecular complexity index is 1140. The lowest BCUT2D eigenvalue weighted by atomic mass is 9.99. The second kappa shape index (κ2) is 5.74. The Labute approximate surface area is 144 Å². The van der Waals surface area contributed by atoms with Gasteiger partial charge in [-0.1, -0.05) is 56.3 Å². The van der Waals surface area contributed by atoms with Crippen LogP contribution in [0.3, 0.4) is 0 Å². The maximum Gasteiger partial charge on any atom is 0.347 e. The number of nitrogen functional groups attached to an aromatic ring is 1. The summed E-state index contributed by atoms with van der Waals surface area (Å²) in [7, 11) is 0. The molecule has 2 aromatic heterocycles. The van der Waals surface area contributed by atoms with E-state index in [0.717, 1.165) is 22.0 Å². The van der Waals surface area contributed by atoms with Gasteiger partial charge in [0.05, 0.1) is 5.69 Å². The summed E-state index contributed by atoms with van der Waals surface area (Å²) in [6.45, 7) is 4.32. The van der Waals surface area contributed by atoms with Crippen LogP contribution in [-0.2, 0) is 0 Å². The van der Waals surface area contributed by atoms with Crippen molar-refractivity contribution >= 4 is 27.6 Å². The fraction of sp³-hybridized carbons (Fsp3) is 0.143. The van der Waals surface area contributed by atoms with Crippen molar-refractivity contribution in [2.24, 2.45) is 0 Å². The molecule has 4 heteroatoms. The molecule has 0 aliphatic heterocycles. The Morgan fingerprint density at radius 1 is 1.00 bits per heavy atom. The summed E-state index contributed by atoms with van der Waals surface area (Å²) in [6.07, 6.45) is 0. The van der Waals surface area contributed by atoms with Gasteiger partial charge in [0, 0.05) is 16.3 Å². The van der Waals surface area contributed by atoms with Crippen molar-refractivity contribution in [3.8, 4) is 11.3 Å². The number of nitrogens with two attached hydrogens (primary N) is 1. The number of benzene rings is 2. The molecule has 2 N–H and O–H groups in total. The van der Waals surface area contributed by atoms with E-state index in [2.05, 4.69) is 31.0 Å².